The Morgan fingerprint density at radius 2 is 1.52 bits per heavy atom. The number of hydrazine groups is 1. The lowest BCUT2D eigenvalue weighted by atomic mass is 10.2. The number of carbonyl (C=O) groups excluding carboxylic acids is 1. The molecule has 0 aliphatic heterocycles. The van der Waals surface area contributed by atoms with Gasteiger partial charge in [-0.05, 0) is 46.8 Å². The first kappa shape index (κ1) is 17.5. The van der Waals surface area contributed by atoms with Crippen LogP contribution >= 0.6 is 0 Å². The molecule has 0 spiro atoms. The number of aryl methyl sites for hydroxylation is 1. The van der Waals surface area contributed by atoms with Crippen LogP contribution < -0.4 is 5.73 Å². The number of nitrogens with two attached hydrogens (primary N) is 1. The smallest absolute Gasteiger partial charge is 0.330 e. The molecule has 0 saturated carbocycles. The molecule has 1 aromatic carbocycles. The maximum Gasteiger partial charge on any atom is 0.330 e. The van der Waals surface area contributed by atoms with Crippen LogP contribution in [0, 0.1) is 6.92 Å². The summed E-state index contributed by atoms with van der Waals surface area (Å²) in [5, 5.41) is 1.07. The van der Waals surface area contributed by atoms with Crippen molar-refractivity contribution in [3.63, 3.8) is 0 Å². The zero-order valence-electron chi connectivity index (χ0n) is 13.1. The predicted molar refractivity (Wildman–Crippen MR) is 81.9 cm³/mol. The first-order valence-corrected chi connectivity index (χ1v) is 8.22. The fourth-order valence-electron chi connectivity index (χ4n) is 2.04. The summed E-state index contributed by atoms with van der Waals surface area (Å²) in [4.78, 5) is 11.8. The van der Waals surface area contributed by atoms with Crippen LogP contribution in [-0.4, -0.2) is 36.0 Å². The van der Waals surface area contributed by atoms with Gasteiger partial charge in [0.25, 0.3) is 10.0 Å². The normalized spacial score (nSPS) is 12.2. The number of benzene rings is 1. The Morgan fingerprint density at radius 1 is 1.05 bits per heavy atom. The second kappa shape index (κ2) is 6.44. The quantitative estimate of drug-likeness (QED) is 0.845. The number of nitrogens with zero attached hydrogens (tertiary/aromatic N) is 2. The Bertz CT molecular complexity index is 594. The second-order valence-electron chi connectivity index (χ2n) is 5.46. The first-order chi connectivity index (χ1) is 9.59. The highest BCUT2D eigenvalue weighted by Crippen LogP contribution is 2.22. The van der Waals surface area contributed by atoms with Gasteiger partial charge in [0.15, 0.2) is 0 Å². The summed E-state index contributed by atoms with van der Waals surface area (Å²) in [7, 11) is -3.85. The molecule has 0 bridgehead atoms. The highest BCUT2D eigenvalue weighted by atomic mass is 32.2. The standard InChI is InChI=1S/C14H23N3O3S/c1-10(2)16(14(15)18)17(11(3)4)21(19,20)13-8-6-12(5)7-9-13/h6-11H,1-5H3,(H2,15,18). The largest absolute Gasteiger partial charge is 0.350 e. The number of hydrogen-bond acceptors (Lipinski definition) is 3. The predicted octanol–water partition coefficient (Wildman–Crippen LogP) is 2.10. The average Bonchev–Trinajstić information content (AvgIpc) is 2.34. The van der Waals surface area contributed by atoms with E-state index in [1.165, 1.54) is 12.1 Å². The van der Waals surface area contributed by atoms with Gasteiger partial charge in [0, 0.05) is 12.1 Å². The van der Waals surface area contributed by atoms with E-state index in [9.17, 15) is 13.2 Å². The third kappa shape index (κ3) is 3.74. The van der Waals surface area contributed by atoms with E-state index in [1.54, 1.807) is 39.8 Å². The lowest BCUT2D eigenvalue weighted by Crippen LogP contribution is -2.57. The van der Waals surface area contributed by atoms with Crippen molar-refractivity contribution in [1.29, 1.82) is 0 Å². The molecule has 2 N–H and O–H groups in total. The topological polar surface area (TPSA) is 83.7 Å². The Labute approximate surface area is 126 Å². The first-order valence-electron chi connectivity index (χ1n) is 6.78. The zero-order valence-corrected chi connectivity index (χ0v) is 13.9. The summed E-state index contributed by atoms with van der Waals surface area (Å²) in [6, 6.07) is 4.88. The van der Waals surface area contributed by atoms with Gasteiger partial charge < -0.3 is 5.73 Å². The van der Waals surface area contributed by atoms with E-state index in [2.05, 4.69) is 0 Å². The molecule has 0 aliphatic carbocycles. The summed E-state index contributed by atoms with van der Waals surface area (Å²) in [6.07, 6.45) is 0. The number of sulfonamides is 1. The van der Waals surface area contributed by atoms with Gasteiger partial charge in [-0.15, -0.1) is 4.41 Å². The van der Waals surface area contributed by atoms with E-state index in [4.69, 9.17) is 5.73 Å². The minimum absolute atomic E-state index is 0.133. The minimum Gasteiger partial charge on any atom is -0.350 e. The fourth-order valence-corrected chi connectivity index (χ4v) is 3.79. The molecule has 0 aromatic heterocycles. The lowest BCUT2D eigenvalue weighted by molar-refractivity contribution is 0.0476. The average molecular weight is 313 g/mol. The van der Waals surface area contributed by atoms with Gasteiger partial charge in [0.05, 0.1) is 4.90 Å². The number of amides is 2. The van der Waals surface area contributed by atoms with Crippen LogP contribution in [0.5, 0.6) is 0 Å². The van der Waals surface area contributed by atoms with Crippen molar-refractivity contribution in [2.24, 2.45) is 5.73 Å². The van der Waals surface area contributed by atoms with Crippen LogP contribution in [0.3, 0.4) is 0 Å². The van der Waals surface area contributed by atoms with Crippen LogP contribution in [0.15, 0.2) is 29.2 Å². The maximum atomic E-state index is 12.8. The molecular formula is C14H23N3O3S. The third-order valence-electron chi connectivity index (χ3n) is 2.93. The van der Waals surface area contributed by atoms with Crippen molar-refractivity contribution >= 4 is 16.1 Å². The number of urea groups is 1. The molecule has 21 heavy (non-hydrogen) atoms. The van der Waals surface area contributed by atoms with Crippen molar-refractivity contribution < 1.29 is 13.2 Å². The highest BCUT2D eigenvalue weighted by Gasteiger charge is 2.35. The van der Waals surface area contributed by atoms with Crippen LogP contribution in [0.1, 0.15) is 33.3 Å². The van der Waals surface area contributed by atoms with Crippen molar-refractivity contribution in [3.8, 4) is 0 Å². The fraction of sp³-hybridized carbons (Fsp3) is 0.500. The van der Waals surface area contributed by atoms with Crippen LogP contribution in [-0.2, 0) is 10.0 Å². The Morgan fingerprint density at radius 3 is 1.86 bits per heavy atom. The van der Waals surface area contributed by atoms with Gasteiger partial charge in [-0.3, -0.25) is 0 Å². The van der Waals surface area contributed by atoms with Crippen molar-refractivity contribution in [2.45, 2.75) is 51.6 Å². The van der Waals surface area contributed by atoms with Gasteiger partial charge in [-0.1, -0.05) is 17.7 Å². The molecule has 7 heteroatoms. The van der Waals surface area contributed by atoms with Crippen LogP contribution in [0.25, 0.3) is 0 Å². The van der Waals surface area contributed by atoms with E-state index in [0.717, 1.165) is 15.0 Å². The molecule has 0 atom stereocenters. The zero-order chi connectivity index (χ0) is 16.4. The second-order valence-corrected chi connectivity index (χ2v) is 7.26. The summed E-state index contributed by atoms with van der Waals surface area (Å²) >= 11 is 0. The summed E-state index contributed by atoms with van der Waals surface area (Å²) in [6.45, 7) is 8.70. The molecule has 0 aliphatic rings. The molecule has 0 heterocycles. The molecule has 0 unspecified atom stereocenters. The summed E-state index contributed by atoms with van der Waals surface area (Å²) in [5.74, 6) is 0. The van der Waals surface area contributed by atoms with Gasteiger partial charge in [-0.25, -0.2) is 18.2 Å². The van der Waals surface area contributed by atoms with Crippen LogP contribution in [0.4, 0.5) is 4.79 Å². The number of hydrogen-bond donors (Lipinski definition) is 1. The van der Waals surface area contributed by atoms with E-state index in [-0.39, 0.29) is 10.9 Å². The molecule has 0 radical (unpaired) electrons. The van der Waals surface area contributed by atoms with Crippen molar-refractivity contribution in [3.05, 3.63) is 29.8 Å². The molecule has 1 aromatic rings. The Hall–Kier alpha value is -1.60. The van der Waals surface area contributed by atoms with E-state index in [0.29, 0.717) is 0 Å². The third-order valence-corrected chi connectivity index (χ3v) is 4.89. The number of rotatable bonds is 5. The van der Waals surface area contributed by atoms with E-state index < -0.39 is 22.1 Å². The molecule has 1 rings (SSSR count). The van der Waals surface area contributed by atoms with Gasteiger partial charge in [-0.2, -0.15) is 0 Å². The summed E-state index contributed by atoms with van der Waals surface area (Å²) < 4.78 is 26.7. The lowest BCUT2D eigenvalue weighted by Gasteiger charge is -2.37. The minimum atomic E-state index is -3.85. The van der Waals surface area contributed by atoms with E-state index in [1.807, 2.05) is 6.92 Å². The van der Waals surface area contributed by atoms with Crippen LogP contribution in [0.2, 0.25) is 0 Å². The van der Waals surface area contributed by atoms with Crippen molar-refractivity contribution in [2.75, 3.05) is 0 Å². The summed E-state index contributed by atoms with van der Waals surface area (Å²) in [5.41, 5.74) is 6.32. The molecule has 6 nitrogen and oxygen atoms in total. The van der Waals surface area contributed by atoms with Gasteiger partial charge >= 0.3 is 6.03 Å². The monoisotopic (exact) mass is 313 g/mol. The molecule has 2 amide bonds. The number of primary amides is 1. The Balaban J connectivity index is 3.39. The Kier molecular flexibility index (Phi) is 5.36. The van der Waals surface area contributed by atoms with E-state index >= 15 is 0 Å². The molecule has 118 valence electrons. The SMILES string of the molecule is Cc1ccc(S(=O)(=O)N(C(C)C)N(C(N)=O)C(C)C)cc1. The number of carbonyl (C=O) groups is 1. The van der Waals surface area contributed by atoms with Gasteiger partial charge in [0.2, 0.25) is 0 Å². The van der Waals surface area contributed by atoms with Crippen molar-refractivity contribution in [1.82, 2.24) is 9.42 Å². The maximum absolute atomic E-state index is 12.8. The highest BCUT2D eigenvalue weighted by molar-refractivity contribution is 7.89. The molecule has 0 saturated heterocycles. The molecule has 0 fully saturated rings. The van der Waals surface area contributed by atoms with Gasteiger partial charge in [0.1, 0.15) is 0 Å². The molecular weight excluding hydrogens is 290 g/mol.